The lowest BCUT2D eigenvalue weighted by atomic mass is 10.0. The molecule has 9 heteroatoms. The van der Waals surface area contributed by atoms with Gasteiger partial charge in [0, 0.05) is 46.4 Å². The summed E-state index contributed by atoms with van der Waals surface area (Å²) in [5, 5.41) is 14.9. The summed E-state index contributed by atoms with van der Waals surface area (Å²) in [6, 6.07) is 10.5. The fourth-order valence-corrected chi connectivity index (χ4v) is 4.45. The van der Waals surface area contributed by atoms with Gasteiger partial charge in [0.2, 0.25) is 5.91 Å². The molecule has 31 heavy (non-hydrogen) atoms. The van der Waals surface area contributed by atoms with Crippen molar-refractivity contribution in [3.63, 3.8) is 0 Å². The topological polar surface area (TPSA) is 80.4 Å². The Morgan fingerprint density at radius 3 is 2.71 bits per heavy atom. The van der Waals surface area contributed by atoms with Gasteiger partial charge in [-0.1, -0.05) is 17.7 Å². The van der Waals surface area contributed by atoms with E-state index < -0.39 is 4.92 Å². The SMILES string of the molecule is O=C(Cn1ccc2cc([N+](=O)[O-])ccc21)NC[C@@H](c1c(F)cccc1Cl)N1CCCC1. The van der Waals surface area contributed by atoms with E-state index in [4.69, 9.17) is 11.6 Å². The number of hydrogen-bond donors (Lipinski definition) is 1. The average molecular weight is 445 g/mol. The third-order valence-electron chi connectivity index (χ3n) is 5.69. The van der Waals surface area contributed by atoms with Crippen molar-refractivity contribution in [2.45, 2.75) is 25.4 Å². The Labute approximate surface area is 183 Å². The van der Waals surface area contributed by atoms with E-state index in [1.165, 1.54) is 18.2 Å². The summed E-state index contributed by atoms with van der Waals surface area (Å²) >= 11 is 6.30. The smallest absolute Gasteiger partial charge is 0.270 e. The van der Waals surface area contributed by atoms with Crippen molar-refractivity contribution in [2.24, 2.45) is 0 Å². The van der Waals surface area contributed by atoms with Crippen LogP contribution in [0.1, 0.15) is 24.4 Å². The fraction of sp³-hybridized carbons (Fsp3) is 0.318. The van der Waals surface area contributed by atoms with Crippen LogP contribution in [0.5, 0.6) is 0 Å². The average Bonchev–Trinajstić information content (AvgIpc) is 3.40. The van der Waals surface area contributed by atoms with Crippen LogP contribution >= 0.6 is 11.6 Å². The summed E-state index contributed by atoms with van der Waals surface area (Å²) in [5.74, 6) is -0.607. The molecule has 3 aromatic rings. The third kappa shape index (κ3) is 4.55. The minimum atomic E-state index is -0.449. The molecule has 0 aliphatic carbocycles. The first-order valence-electron chi connectivity index (χ1n) is 10.1. The van der Waals surface area contributed by atoms with Crippen LogP contribution in [0.4, 0.5) is 10.1 Å². The van der Waals surface area contributed by atoms with Gasteiger partial charge in [0.15, 0.2) is 0 Å². The number of halogens is 2. The highest BCUT2D eigenvalue weighted by atomic mass is 35.5. The van der Waals surface area contributed by atoms with E-state index in [2.05, 4.69) is 10.2 Å². The first kappa shape index (κ1) is 21.3. The number of aromatic nitrogens is 1. The lowest BCUT2D eigenvalue weighted by Crippen LogP contribution is -2.38. The Hall–Kier alpha value is -2.97. The molecule has 2 heterocycles. The summed E-state index contributed by atoms with van der Waals surface area (Å²) in [7, 11) is 0. The molecule has 7 nitrogen and oxygen atoms in total. The molecule has 1 fully saturated rings. The van der Waals surface area contributed by atoms with Crippen LogP contribution in [0.25, 0.3) is 10.9 Å². The van der Waals surface area contributed by atoms with Crippen molar-refractivity contribution >= 4 is 34.1 Å². The maximum Gasteiger partial charge on any atom is 0.270 e. The molecule has 1 aromatic heterocycles. The Morgan fingerprint density at radius 1 is 1.23 bits per heavy atom. The minimum Gasteiger partial charge on any atom is -0.353 e. The summed E-state index contributed by atoms with van der Waals surface area (Å²) < 4.78 is 16.3. The van der Waals surface area contributed by atoms with Gasteiger partial charge in [-0.05, 0) is 50.2 Å². The number of carbonyl (C=O) groups is 1. The summed E-state index contributed by atoms with van der Waals surface area (Å²) in [4.78, 5) is 25.3. The number of carbonyl (C=O) groups excluding carboxylic acids is 1. The second-order valence-electron chi connectivity index (χ2n) is 7.64. The van der Waals surface area contributed by atoms with Crippen molar-refractivity contribution in [3.8, 4) is 0 Å². The van der Waals surface area contributed by atoms with Crippen LogP contribution in [0, 0.1) is 15.9 Å². The van der Waals surface area contributed by atoms with Gasteiger partial charge in [-0.15, -0.1) is 0 Å². The first-order chi connectivity index (χ1) is 14.9. The Balaban J connectivity index is 1.48. The predicted molar refractivity (Wildman–Crippen MR) is 117 cm³/mol. The number of benzene rings is 2. The molecule has 4 rings (SSSR count). The normalized spacial score (nSPS) is 15.3. The van der Waals surface area contributed by atoms with E-state index in [0.29, 0.717) is 16.0 Å². The number of nitro groups is 1. The Bertz CT molecular complexity index is 1110. The van der Waals surface area contributed by atoms with E-state index in [9.17, 15) is 19.3 Å². The predicted octanol–water partition coefficient (Wildman–Crippen LogP) is 4.30. The van der Waals surface area contributed by atoms with Crippen molar-refractivity contribution < 1.29 is 14.1 Å². The lowest BCUT2D eigenvalue weighted by molar-refractivity contribution is -0.384. The number of nitro benzene ring substituents is 1. The highest BCUT2D eigenvalue weighted by Gasteiger charge is 2.28. The molecule has 0 unspecified atom stereocenters. The van der Waals surface area contributed by atoms with E-state index in [1.54, 1.807) is 35.0 Å². The second kappa shape index (κ2) is 9.03. The zero-order valence-electron chi connectivity index (χ0n) is 16.8. The molecule has 2 aromatic carbocycles. The number of nitrogens with zero attached hydrogens (tertiary/aromatic N) is 3. The fourth-order valence-electron chi connectivity index (χ4n) is 4.16. The zero-order chi connectivity index (χ0) is 22.0. The Kier molecular flexibility index (Phi) is 6.20. The molecule has 0 spiro atoms. The van der Waals surface area contributed by atoms with Crippen LogP contribution in [0.15, 0.2) is 48.7 Å². The van der Waals surface area contributed by atoms with Gasteiger partial charge >= 0.3 is 0 Å². The molecule has 0 bridgehead atoms. The number of non-ortho nitro benzene ring substituents is 1. The molecular weight excluding hydrogens is 423 g/mol. The molecule has 162 valence electrons. The summed E-state index contributed by atoms with van der Waals surface area (Å²) in [6.45, 7) is 1.95. The van der Waals surface area contributed by atoms with Gasteiger partial charge in [0.05, 0.1) is 11.0 Å². The number of rotatable bonds is 7. The minimum absolute atomic E-state index is 0.00456. The second-order valence-corrected chi connectivity index (χ2v) is 8.05. The standard InChI is InChI=1S/C22H22ClFN4O3/c23-17-4-3-5-18(24)22(17)20(26-9-1-2-10-26)13-25-21(29)14-27-11-8-15-12-16(28(30)31)6-7-19(15)27/h3-8,11-12,20H,1-2,9-10,13-14H2,(H,25,29)/t20-/m0/s1. The highest BCUT2D eigenvalue weighted by molar-refractivity contribution is 6.31. The molecule has 1 saturated heterocycles. The number of likely N-dealkylation sites (tertiary alicyclic amines) is 1. The van der Waals surface area contributed by atoms with Gasteiger partial charge in [0.1, 0.15) is 12.4 Å². The number of nitrogens with one attached hydrogen (secondary N) is 1. The monoisotopic (exact) mass is 444 g/mol. The molecule has 1 aliphatic heterocycles. The first-order valence-corrected chi connectivity index (χ1v) is 10.5. The van der Waals surface area contributed by atoms with Crippen LogP contribution in [0.2, 0.25) is 5.02 Å². The summed E-state index contributed by atoms with van der Waals surface area (Å²) in [6.07, 6.45) is 3.77. The van der Waals surface area contributed by atoms with Crippen LogP contribution in [-0.2, 0) is 11.3 Å². The molecule has 1 amide bonds. The van der Waals surface area contributed by atoms with E-state index in [1.807, 2.05) is 0 Å². The number of hydrogen-bond acceptors (Lipinski definition) is 4. The Morgan fingerprint density at radius 2 is 2.00 bits per heavy atom. The van der Waals surface area contributed by atoms with Gasteiger partial charge < -0.3 is 9.88 Å². The largest absolute Gasteiger partial charge is 0.353 e. The quantitative estimate of drug-likeness (QED) is 0.435. The third-order valence-corrected chi connectivity index (χ3v) is 6.02. The van der Waals surface area contributed by atoms with Crippen molar-refractivity contribution in [3.05, 3.63) is 75.2 Å². The zero-order valence-corrected chi connectivity index (χ0v) is 17.5. The van der Waals surface area contributed by atoms with Crippen LogP contribution < -0.4 is 5.32 Å². The van der Waals surface area contributed by atoms with Crippen molar-refractivity contribution in [1.82, 2.24) is 14.8 Å². The maximum absolute atomic E-state index is 14.6. The molecular formula is C22H22ClFN4O3. The number of fused-ring (bicyclic) bond motifs is 1. The summed E-state index contributed by atoms with van der Waals surface area (Å²) in [5.41, 5.74) is 1.14. The molecule has 0 radical (unpaired) electrons. The van der Waals surface area contributed by atoms with Gasteiger partial charge in [-0.25, -0.2) is 4.39 Å². The van der Waals surface area contributed by atoms with E-state index >= 15 is 0 Å². The highest BCUT2D eigenvalue weighted by Crippen LogP contribution is 2.32. The van der Waals surface area contributed by atoms with E-state index in [-0.39, 0.29) is 36.5 Å². The lowest BCUT2D eigenvalue weighted by Gasteiger charge is -2.29. The maximum atomic E-state index is 14.6. The van der Waals surface area contributed by atoms with Gasteiger partial charge in [0.25, 0.3) is 5.69 Å². The van der Waals surface area contributed by atoms with E-state index in [0.717, 1.165) is 31.4 Å². The van der Waals surface area contributed by atoms with Crippen molar-refractivity contribution in [1.29, 1.82) is 0 Å². The molecule has 1 atom stereocenters. The van der Waals surface area contributed by atoms with Gasteiger partial charge in [-0.2, -0.15) is 0 Å². The number of amides is 1. The van der Waals surface area contributed by atoms with Crippen molar-refractivity contribution in [2.75, 3.05) is 19.6 Å². The van der Waals surface area contributed by atoms with Crippen LogP contribution in [-0.4, -0.2) is 39.9 Å². The molecule has 1 aliphatic rings. The van der Waals surface area contributed by atoms with Gasteiger partial charge in [-0.3, -0.25) is 19.8 Å². The molecule has 0 saturated carbocycles. The van der Waals surface area contributed by atoms with Crippen LogP contribution in [0.3, 0.4) is 0 Å². The molecule has 1 N–H and O–H groups in total.